The summed E-state index contributed by atoms with van der Waals surface area (Å²) < 4.78 is 1.68. The van der Waals surface area contributed by atoms with Gasteiger partial charge in [0.1, 0.15) is 6.04 Å². The standard InChI is InChI=1S/C17H27N5O2/c1-12(13-4-3-6-18-9-13)8-16(23)20-15-5-7-22(17(15)24)14-10-19-21(2)11-14/h10-13,15,18H,3-9H2,1-2H3,(H,20,23). The second-order valence-corrected chi connectivity index (χ2v) is 7.06. The average Bonchev–Trinajstić information content (AvgIpc) is 3.15. The summed E-state index contributed by atoms with van der Waals surface area (Å²) in [6, 6.07) is -0.408. The van der Waals surface area contributed by atoms with E-state index in [0.29, 0.717) is 31.2 Å². The SMILES string of the molecule is CC(CC(=O)NC1CCN(c2cnn(C)c2)C1=O)C1CCCNC1. The Labute approximate surface area is 142 Å². The van der Waals surface area contributed by atoms with E-state index in [4.69, 9.17) is 0 Å². The molecule has 3 atom stereocenters. The third kappa shape index (κ3) is 3.77. The Hall–Kier alpha value is -1.89. The van der Waals surface area contributed by atoms with E-state index in [1.54, 1.807) is 15.8 Å². The Bertz CT molecular complexity index is 594. The molecule has 7 heteroatoms. The average molecular weight is 333 g/mol. The number of nitrogens with zero attached hydrogens (tertiary/aromatic N) is 3. The largest absolute Gasteiger partial charge is 0.344 e. The lowest BCUT2D eigenvalue weighted by molar-refractivity contribution is -0.127. The fourth-order valence-electron chi connectivity index (χ4n) is 3.69. The highest BCUT2D eigenvalue weighted by Crippen LogP contribution is 2.24. The number of aromatic nitrogens is 2. The molecule has 0 bridgehead atoms. The molecular weight excluding hydrogens is 306 g/mol. The van der Waals surface area contributed by atoms with Crippen LogP contribution < -0.4 is 15.5 Å². The monoisotopic (exact) mass is 333 g/mol. The molecule has 3 unspecified atom stereocenters. The molecule has 1 aromatic heterocycles. The molecule has 0 aromatic carbocycles. The van der Waals surface area contributed by atoms with Crippen LogP contribution in [0.2, 0.25) is 0 Å². The van der Waals surface area contributed by atoms with Gasteiger partial charge in [0.2, 0.25) is 11.8 Å². The Balaban J connectivity index is 1.50. The lowest BCUT2D eigenvalue weighted by atomic mass is 9.85. The minimum absolute atomic E-state index is 0.0144. The van der Waals surface area contributed by atoms with Gasteiger partial charge in [-0.2, -0.15) is 5.10 Å². The summed E-state index contributed by atoms with van der Waals surface area (Å²) in [6.07, 6.45) is 7.00. The van der Waals surface area contributed by atoms with Crippen LogP contribution in [0.15, 0.2) is 12.4 Å². The summed E-state index contributed by atoms with van der Waals surface area (Å²) in [5.41, 5.74) is 0.792. The van der Waals surface area contributed by atoms with Crippen molar-refractivity contribution in [2.75, 3.05) is 24.5 Å². The molecule has 0 saturated carbocycles. The maximum Gasteiger partial charge on any atom is 0.249 e. The minimum Gasteiger partial charge on any atom is -0.344 e. The first-order valence-corrected chi connectivity index (χ1v) is 8.84. The fourth-order valence-corrected chi connectivity index (χ4v) is 3.69. The van der Waals surface area contributed by atoms with Crippen molar-refractivity contribution in [1.29, 1.82) is 0 Å². The zero-order valence-electron chi connectivity index (χ0n) is 14.5. The van der Waals surface area contributed by atoms with Gasteiger partial charge in [-0.05, 0) is 44.2 Å². The molecule has 24 heavy (non-hydrogen) atoms. The quantitative estimate of drug-likeness (QED) is 0.830. The van der Waals surface area contributed by atoms with Crippen LogP contribution in [0.3, 0.4) is 0 Å². The molecule has 1 aromatic rings. The van der Waals surface area contributed by atoms with Gasteiger partial charge >= 0.3 is 0 Å². The summed E-state index contributed by atoms with van der Waals surface area (Å²) in [4.78, 5) is 26.5. The molecule has 2 fully saturated rings. The Kier molecular flexibility index (Phi) is 5.18. The topological polar surface area (TPSA) is 79.3 Å². The van der Waals surface area contributed by atoms with Crippen molar-refractivity contribution in [2.24, 2.45) is 18.9 Å². The second-order valence-electron chi connectivity index (χ2n) is 7.06. The second kappa shape index (κ2) is 7.34. The summed E-state index contributed by atoms with van der Waals surface area (Å²) in [6.45, 7) is 4.83. The lowest BCUT2D eigenvalue weighted by Gasteiger charge is -2.28. The number of amides is 2. The predicted molar refractivity (Wildman–Crippen MR) is 91.5 cm³/mol. The molecule has 0 radical (unpaired) electrons. The van der Waals surface area contributed by atoms with Gasteiger partial charge in [-0.15, -0.1) is 0 Å². The number of aryl methyl sites for hydroxylation is 1. The normalized spacial score (nSPS) is 25.8. The number of carbonyl (C=O) groups is 2. The van der Waals surface area contributed by atoms with Crippen molar-refractivity contribution >= 4 is 17.5 Å². The van der Waals surface area contributed by atoms with Crippen LogP contribution in [0.4, 0.5) is 5.69 Å². The molecule has 0 spiro atoms. The third-order valence-electron chi connectivity index (χ3n) is 5.19. The highest BCUT2D eigenvalue weighted by atomic mass is 16.2. The molecule has 2 amide bonds. The smallest absolute Gasteiger partial charge is 0.249 e. The molecule has 0 aliphatic carbocycles. The number of nitrogens with one attached hydrogen (secondary N) is 2. The molecule has 3 heterocycles. The molecule has 132 valence electrons. The number of carbonyl (C=O) groups excluding carboxylic acids is 2. The Morgan fingerprint density at radius 1 is 1.50 bits per heavy atom. The maximum absolute atomic E-state index is 12.5. The van der Waals surface area contributed by atoms with Crippen molar-refractivity contribution in [3.05, 3.63) is 12.4 Å². The highest BCUT2D eigenvalue weighted by molar-refractivity contribution is 6.01. The van der Waals surface area contributed by atoms with Crippen LogP contribution in [0, 0.1) is 11.8 Å². The van der Waals surface area contributed by atoms with Gasteiger partial charge in [0.25, 0.3) is 0 Å². The van der Waals surface area contributed by atoms with Crippen LogP contribution in [-0.4, -0.2) is 47.3 Å². The van der Waals surface area contributed by atoms with Gasteiger partial charge in [-0.25, -0.2) is 0 Å². The first-order valence-electron chi connectivity index (χ1n) is 8.84. The van der Waals surface area contributed by atoms with Gasteiger partial charge in [0.15, 0.2) is 0 Å². The van der Waals surface area contributed by atoms with Crippen LogP contribution in [-0.2, 0) is 16.6 Å². The molecule has 3 rings (SSSR count). The van der Waals surface area contributed by atoms with E-state index in [2.05, 4.69) is 22.7 Å². The van der Waals surface area contributed by atoms with Crippen molar-refractivity contribution in [3.63, 3.8) is 0 Å². The highest BCUT2D eigenvalue weighted by Gasteiger charge is 2.34. The summed E-state index contributed by atoms with van der Waals surface area (Å²) >= 11 is 0. The van der Waals surface area contributed by atoms with E-state index in [1.165, 1.54) is 12.8 Å². The number of hydrogen-bond acceptors (Lipinski definition) is 4. The number of anilines is 1. The molecule has 2 saturated heterocycles. The molecule has 2 aliphatic heterocycles. The zero-order chi connectivity index (χ0) is 17.1. The third-order valence-corrected chi connectivity index (χ3v) is 5.19. The van der Waals surface area contributed by atoms with Gasteiger partial charge in [-0.3, -0.25) is 14.3 Å². The zero-order valence-corrected chi connectivity index (χ0v) is 14.5. The first-order chi connectivity index (χ1) is 11.5. The maximum atomic E-state index is 12.5. The van der Waals surface area contributed by atoms with E-state index < -0.39 is 6.04 Å². The minimum atomic E-state index is -0.408. The van der Waals surface area contributed by atoms with E-state index in [9.17, 15) is 9.59 Å². The molecular formula is C17H27N5O2. The van der Waals surface area contributed by atoms with Crippen molar-refractivity contribution < 1.29 is 9.59 Å². The van der Waals surface area contributed by atoms with E-state index in [0.717, 1.165) is 18.8 Å². The van der Waals surface area contributed by atoms with Crippen LogP contribution in [0.5, 0.6) is 0 Å². The Morgan fingerprint density at radius 3 is 3.00 bits per heavy atom. The molecule has 7 nitrogen and oxygen atoms in total. The summed E-state index contributed by atoms with van der Waals surface area (Å²) in [5, 5.41) is 10.4. The van der Waals surface area contributed by atoms with E-state index in [-0.39, 0.29) is 11.8 Å². The van der Waals surface area contributed by atoms with Crippen molar-refractivity contribution in [2.45, 2.75) is 38.6 Å². The Morgan fingerprint density at radius 2 is 2.33 bits per heavy atom. The van der Waals surface area contributed by atoms with E-state index in [1.807, 2.05) is 13.2 Å². The summed E-state index contributed by atoms with van der Waals surface area (Å²) in [7, 11) is 1.82. The lowest BCUT2D eigenvalue weighted by Crippen LogP contribution is -2.43. The van der Waals surface area contributed by atoms with Crippen LogP contribution in [0.25, 0.3) is 0 Å². The predicted octanol–water partition coefficient (Wildman–Crippen LogP) is 0.667. The number of rotatable bonds is 5. The van der Waals surface area contributed by atoms with Gasteiger partial charge in [-0.1, -0.05) is 6.92 Å². The van der Waals surface area contributed by atoms with Gasteiger partial charge in [0.05, 0.1) is 11.9 Å². The first kappa shape index (κ1) is 17.0. The van der Waals surface area contributed by atoms with Gasteiger partial charge in [0, 0.05) is 26.2 Å². The fraction of sp³-hybridized carbons (Fsp3) is 0.706. The van der Waals surface area contributed by atoms with Crippen LogP contribution >= 0.6 is 0 Å². The molecule has 2 aliphatic rings. The van der Waals surface area contributed by atoms with E-state index >= 15 is 0 Å². The van der Waals surface area contributed by atoms with Crippen LogP contribution in [0.1, 0.15) is 32.6 Å². The van der Waals surface area contributed by atoms with Crippen molar-refractivity contribution in [1.82, 2.24) is 20.4 Å². The van der Waals surface area contributed by atoms with Crippen molar-refractivity contribution in [3.8, 4) is 0 Å². The van der Waals surface area contributed by atoms with Gasteiger partial charge < -0.3 is 15.5 Å². The number of piperidine rings is 1. The summed E-state index contributed by atoms with van der Waals surface area (Å²) in [5.74, 6) is 0.835. The molecule has 2 N–H and O–H groups in total. The number of hydrogen-bond donors (Lipinski definition) is 2.